The number of sulfone groups is 1. The van der Waals surface area contributed by atoms with Crippen LogP contribution in [-0.4, -0.2) is 25.7 Å². The van der Waals surface area contributed by atoms with Crippen LogP contribution in [0.5, 0.6) is 0 Å². The summed E-state index contributed by atoms with van der Waals surface area (Å²) in [6, 6.07) is 8.77. The van der Waals surface area contributed by atoms with E-state index < -0.39 is 15.9 Å². The van der Waals surface area contributed by atoms with Gasteiger partial charge in [-0.15, -0.1) is 0 Å². The van der Waals surface area contributed by atoms with Gasteiger partial charge in [0.1, 0.15) is 0 Å². The predicted molar refractivity (Wildman–Crippen MR) is 90.4 cm³/mol. The number of hydrogen-bond acceptors (Lipinski definition) is 4. The molecular formula is C16H19N3O4S. The third-order valence-corrected chi connectivity index (χ3v) is 4.54. The van der Waals surface area contributed by atoms with Gasteiger partial charge in [0, 0.05) is 25.1 Å². The van der Waals surface area contributed by atoms with Gasteiger partial charge in [0.2, 0.25) is 5.56 Å². The minimum atomic E-state index is -3.28. The van der Waals surface area contributed by atoms with Crippen molar-refractivity contribution in [2.75, 3.05) is 6.26 Å². The number of rotatable bonds is 5. The zero-order valence-electron chi connectivity index (χ0n) is 13.4. The number of carbonyl (C=O) groups is 1. The molecule has 0 radical (unpaired) electrons. The van der Waals surface area contributed by atoms with Crippen molar-refractivity contribution in [2.24, 2.45) is 0 Å². The van der Waals surface area contributed by atoms with E-state index in [1.807, 2.05) is 0 Å². The highest BCUT2D eigenvalue weighted by molar-refractivity contribution is 7.90. The number of hydrogen-bond donors (Lipinski definition) is 3. The molecule has 0 aliphatic rings. The van der Waals surface area contributed by atoms with E-state index in [1.54, 1.807) is 25.1 Å². The van der Waals surface area contributed by atoms with E-state index in [0.717, 1.165) is 6.26 Å². The third-order valence-electron chi connectivity index (χ3n) is 3.43. The second-order valence-electron chi connectivity index (χ2n) is 5.45. The zero-order chi connectivity index (χ0) is 17.7. The van der Waals surface area contributed by atoms with Gasteiger partial charge in [0.25, 0.3) is 0 Å². The lowest BCUT2D eigenvalue weighted by Gasteiger charge is -2.15. The highest BCUT2D eigenvalue weighted by atomic mass is 32.2. The molecule has 0 saturated carbocycles. The average molecular weight is 349 g/mol. The highest BCUT2D eigenvalue weighted by Gasteiger charge is 2.11. The van der Waals surface area contributed by atoms with Gasteiger partial charge in [-0.05, 0) is 36.2 Å². The van der Waals surface area contributed by atoms with E-state index in [-0.39, 0.29) is 23.0 Å². The Balaban J connectivity index is 1.95. The molecule has 0 spiro atoms. The van der Waals surface area contributed by atoms with E-state index in [1.165, 1.54) is 24.4 Å². The molecule has 24 heavy (non-hydrogen) atoms. The summed E-state index contributed by atoms with van der Waals surface area (Å²) >= 11 is 0. The molecule has 0 aliphatic heterocycles. The molecule has 2 amide bonds. The number of benzene rings is 1. The summed E-state index contributed by atoms with van der Waals surface area (Å²) in [7, 11) is -3.28. The molecule has 3 N–H and O–H groups in total. The number of pyridine rings is 1. The van der Waals surface area contributed by atoms with Crippen LogP contribution in [0.15, 0.2) is 52.3 Å². The summed E-state index contributed by atoms with van der Waals surface area (Å²) in [5.74, 6) is 0. The Bertz CT molecular complexity index is 890. The van der Waals surface area contributed by atoms with E-state index in [0.29, 0.717) is 11.1 Å². The molecule has 0 saturated heterocycles. The maximum atomic E-state index is 11.9. The van der Waals surface area contributed by atoms with Crippen LogP contribution in [0.25, 0.3) is 0 Å². The predicted octanol–water partition coefficient (Wildman–Crippen LogP) is 1.34. The first-order valence-electron chi connectivity index (χ1n) is 7.28. The van der Waals surface area contributed by atoms with Crippen LogP contribution in [-0.2, 0) is 16.4 Å². The minimum Gasteiger partial charge on any atom is -0.334 e. The molecule has 1 aromatic carbocycles. The van der Waals surface area contributed by atoms with Crippen molar-refractivity contribution in [1.82, 2.24) is 15.6 Å². The van der Waals surface area contributed by atoms with E-state index in [9.17, 15) is 18.0 Å². The monoisotopic (exact) mass is 349 g/mol. The Morgan fingerprint density at radius 3 is 2.67 bits per heavy atom. The molecule has 2 aromatic rings. The van der Waals surface area contributed by atoms with Gasteiger partial charge in [-0.3, -0.25) is 4.79 Å². The van der Waals surface area contributed by atoms with Crippen molar-refractivity contribution < 1.29 is 13.2 Å². The smallest absolute Gasteiger partial charge is 0.315 e. The molecule has 0 bridgehead atoms. The van der Waals surface area contributed by atoms with E-state index in [2.05, 4.69) is 15.6 Å². The average Bonchev–Trinajstić information content (AvgIpc) is 2.52. The summed E-state index contributed by atoms with van der Waals surface area (Å²) < 4.78 is 23.1. The minimum absolute atomic E-state index is 0.192. The van der Waals surface area contributed by atoms with Gasteiger partial charge < -0.3 is 15.6 Å². The molecule has 128 valence electrons. The molecule has 0 fully saturated rings. The molecular weight excluding hydrogens is 330 g/mol. The number of H-pyrrole nitrogens is 1. The van der Waals surface area contributed by atoms with Crippen molar-refractivity contribution in [1.29, 1.82) is 0 Å². The van der Waals surface area contributed by atoms with Crippen molar-refractivity contribution in [3.63, 3.8) is 0 Å². The summed E-state index contributed by atoms with van der Waals surface area (Å²) in [6.45, 7) is 1.95. The van der Waals surface area contributed by atoms with Crippen LogP contribution < -0.4 is 16.2 Å². The third kappa shape index (κ3) is 4.95. The number of aromatic nitrogens is 1. The lowest BCUT2D eigenvalue weighted by atomic mass is 10.1. The fourth-order valence-electron chi connectivity index (χ4n) is 2.13. The quantitative estimate of drug-likeness (QED) is 0.757. The zero-order valence-corrected chi connectivity index (χ0v) is 14.2. The number of urea groups is 1. The van der Waals surface area contributed by atoms with Crippen LogP contribution in [0.3, 0.4) is 0 Å². The van der Waals surface area contributed by atoms with Gasteiger partial charge >= 0.3 is 6.03 Å². The van der Waals surface area contributed by atoms with Gasteiger partial charge in [0.15, 0.2) is 9.84 Å². The van der Waals surface area contributed by atoms with E-state index >= 15 is 0 Å². The Hall–Kier alpha value is -2.61. The van der Waals surface area contributed by atoms with Gasteiger partial charge in [0.05, 0.1) is 10.9 Å². The summed E-state index contributed by atoms with van der Waals surface area (Å²) in [6.07, 6.45) is 2.65. The molecule has 0 aliphatic carbocycles. The van der Waals surface area contributed by atoms with Crippen LogP contribution >= 0.6 is 0 Å². The topological polar surface area (TPSA) is 108 Å². The Labute approximate surface area is 140 Å². The summed E-state index contributed by atoms with van der Waals surface area (Å²) in [5.41, 5.74) is 1.13. The first-order valence-corrected chi connectivity index (χ1v) is 9.17. The van der Waals surface area contributed by atoms with Crippen LogP contribution in [0.2, 0.25) is 0 Å². The fraction of sp³-hybridized carbons (Fsp3) is 0.250. The van der Waals surface area contributed by atoms with Crippen LogP contribution in [0.4, 0.5) is 4.79 Å². The lowest BCUT2D eigenvalue weighted by molar-refractivity contribution is 0.237. The van der Waals surface area contributed by atoms with Crippen molar-refractivity contribution in [2.45, 2.75) is 24.4 Å². The molecule has 1 atom stereocenters. The van der Waals surface area contributed by atoms with Crippen molar-refractivity contribution in [3.05, 3.63) is 64.1 Å². The van der Waals surface area contributed by atoms with Gasteiger partial charge in [-0.25, -0.2) is 13.2 Å². The Kier molecular flexibility index (Phi) is 5.40. The number of carbonyl (C=O) groups excluding carboxylic acids is 1. The fourth-order valence-corrected chi connectivity index (χ4v) is 2.82. The van der Waals surface area contributed by atoms with Gasteiger partial charge in [-0.2, -0.15) is 0 Å². The lowest BCUT2D eigenvalue weighted by Crippen LogP contribution is -2.36. The Morgan fingerprint density at radius 2 is 2.00 bits per heavy atom. The molecule has 1 unspecified atom stereocenters. The highest BCUT2D eigenvalue weighted by Crippen LogP contribution is 2.11. The SMILES string of the molecule is CC(NC(=O)NCc1cccc(S(C)(=O)=O)c1)c1cc[nH]c(=O)c1. The number of nitrogens with one attached hydrogen (secondary N) is 3. The molecule has 1 aromatic heterocycles. The molecule has 8 heteroatoms. The largest absolute Gasteiger partial charge is 0.334 e. The van der Waals surface area contributed by atoms with Crippen molar-refractivity contribution >= 4 is 15.9 Å². The molecule has 2 rings (SSSR count). The van der Waals surface area contributed by atoms with Crippen LogP contribution in [0.1, 0.15) is 24.1 Å². The maximum absolute atomic E-state index is 11.9. The summed E-state index contributed by atoms with van der Waals surface area (Å²) in [4.78, 5) is 25.9. The first kappa shape index (κ1) is 17.7. The Morgan fingerprint density at radius 1 is 1.25 bits per heavy atom. The second kappa shape index (κ2) is 7.31. The number of amides is 2. The molecule has 1 heterocycles. The first-order chi connectivity index (χ1) is 11.3. The van der Waals surface area contributed by atoms with Crippen LogP contribution in [0, 0.1) is 0 Å². The number of aromatic amines is 1. The normalized spacial score (nSPS) is 12.4. The van der Waals surface area contributed by atoms with Gasteiger partial charge in [-0.1, -0.05) is 12.1 Å². The maximum Gasteiger partial charge on any atom is 0.315 e. The van der Waals surface area contributed by atoms with Crippen molar-refractivity contribution in [3.8, 4) is 0 Å². The second-order valence-corrected chi connectivity index (χ2v) is 7.47. The standard InChI is InChI=1S/C16H19N3O4S/c1-11(13-6-7-17-15(20)9-13)19-16(21)18-10-12-4-3-5-14(8-12)24(2,22)23/h3-9,11H,10H2,1-2H3,(H,17,20)(H2,18,19,21). The summed E-state index contributed by atoms with van der Waals surface area (Å²) in [5, 5.41) is 5.38. The molecule has 7 nitrogen and oxygen atoms in total. The van der Waals surface area contributed by atoms with E-state index in [4.69, 9.17) is 0 Å².